The monoisotopic (exact) mass is 401 g/mol. The molecule has 5 heteroatoms. The number of aromatic nitrogens is 2. The van der Waals surface area contributed by atoms with Gasteiger partial charge in [-0.05, 0) is 35.4 Å². The van der Waals surface area contributed by atoms with Gasteiger partial charge in [-0.25, -0.2) is 4.39 Å². The van der Waals surface area contributed by atoms with E-state index in [0.717, 1.165) is 22.2 Å². The van der Waals surface area contributed by atoms with E-state index in [0.29, 0.717) is 18.5 Å². The Bertz CT molecular complexity index is 1150. The van der Waals surface area contributed by atoms with Crippen LogP contribution in [-0.4, -0.2) is 22.0 Å². The first-order valence-electron chi connectivity index (χ1n) is 10.1. The van der Waals surface area contributed by atoms with Gasteiger partial charge in [0.1, 0.15) is 5.82 Å². The average Bonchev–Trinajstić information content (AvgIpc) is 3.10. The average molecular weight is 401 g/mol. The lowest BCUT2D eigenvalue weighted by Crippen LogP contribution is -2.27. The molecule has 2 heterocycles. The molecule has 0 aliphatic carbocycles. The predicted octanol–water partition coefficient (Wildman–Crippen LogP) is 4.59. The molecule has 4 nitrogen and oxygen atoms in total. The number of nitrogens with zero attached hydrogens (tertiary/aromatic N) is 2. The van der Waals surface area contributed by atoms with Crippen molar-refractivity contribution in [2.24, 2.45) is 7.05 Å². The minimum Gasteiger partial charge on any atom is -0.356 e. The molecule has 1 atom stereocenters. The lowest BCUT2D eigenvalue weighted by atomic mass is 9.87. The largest absolute Gasteiger partial charge is 0.356 e. The maximum Gasteiger partial charge on any atom is 0.220 e. The number of carbonyl (C=O) groups is 1. The number of pyridine rings is 1. The van der Waals surface area contributed by atoms with Gasteiger partial charge in [-0.3, -0.25) is 9.78 Å². The Labute approximate surface area is 175 Å². The predicted molar refractivity (Wildman–Crippen MR) is 117 cm³/mol. The van der Waals surface area contributed by atoms with Gasteiger partial charge in [-0.1, -0.05) is 42.5 Å². The van der Waals surface area contributed by atoms with E-state index in [-0.39, 0.29) is 24.1 Å². The summed E-state index contributed by atoms with van der Waals surface area (Å²) in [5.41, 5.74) is 3.48. The number of aryl methyl sites for hydroxylation is 1. The number of nitrogens with one attached hydrogen (secondary N) is 1. The summed E-state index contributed by atoms with van der Waals surface area (Å²) in [6, 6.07) is 20.4. The Balaban J connectivity index is 1.58. The van der Waals surface area contributed by atoms with Gasteiger partial charge in [0.25, 0.3) is 0 Å². The lowest BCUT2D eigenvalue weighted by molar-refractivity contribution is -0.121. The van der Waals surface area contributed by atoms with Crippen LogP contribution in [0.3, 0.4) is 0 Å². The molecule has 2 aromatic carbocycles. The van der Waals surface area contributed by atoms with Crippen molar-refractivity contribution in [1.82, 2.24) is 14.9 Å². The highest BCUT2D eigenvalue weighted by Crippen LogP contribution is 2.35. The van der Waals surface area contributed by atoms with Crippen LogP contribution in [0.25, 0.3) is 10.9 Å². The third-order valence-electron chi connectivity index (χ3n) is 5.40. The third kappa shape index (κ3) is 4.25. The van der Waals surface area contributed by atoms with Crippen LogP contribution in [0.5, 0.6) is 0 Å². The van der Waals surface area contributed by atoms with Crippen molar-refractivity contribution < 1.29 is 9.18 Å². The Morgan fingerprint density at radius 3 is 2.60 bits per heavy atom. The van der Waals surface area contributed by atoms with Crippen molar-refractivity contribution >= 4 is 16.8 Å². The quantitative estimate of drug-likeness (QED) is 0.492. The topological polar surface area (TPSA) is 46.9 Å². The number of fused-ring (bicyclic) bond motifs is 1. The number of para-hydroxylation sites is 1. The summed E-state index contributed by atoms with van der Waals surface area (Å²) < 4.78 is 16.7. The van der Waals surface area contributed by atoms with Crippen LogP contribution in [0.2, 0.25) is 0 Å². The Morgan fingerprint density at radius 2 is 1.80 bits per heavy atom. The third-order valence-corrected chi connectivity index (χ3v) is 5.40. The van der Waals surface area contributed by atoms with Gasteiger partial charge >= 0.3 is 0 Å². The highest BCUT2D eigenvalue weighted by molar-refractivity contribution is 5.86. The normalized spacial score (nSPS) is 12.1. The summed E-state index contributed by atoms with van der Waals surface area (Å²) in [4.78, 5) is 17.1. The van der Waals surface area contributed by atoms with E-state index in [2.05, 4.69) is 10.3 Å². The highest BCUT2D eigenvalue weighted by Gasteiger charge is 2.24. The van der Waals surface area contributed by atoms with Crippen molar-refractivity contribution in [2.75, 3.05) is 6.54 Å². The first-order chi connectivity index (χ1) is 14.6. The zero-order valence-electron chi connectivity index (χ0n) is 16.9. The molecule has 0 spiro atoms. The van der Waals surface area contributed by atoms with E-state index >= 15 is 0 Å². The van der Waals surface area contributed by atoms with E-state index in [4.69, 9.17) is 0 Å². The fraction of sp³-hybridized carbons (Fsp3) is 0.200. The Hall–Kier alpha value is -3.47. The van der Waals surface area contributed by atoms with Gasteiger partial charge in [0.15, 0.2) is 0 Å². The van der Waals surface area contributed by atoms with E-state index in [1.54, 1.807) is 18.3 Å². The minimum atomic E-state index is -0.368. The standard InChI is InChI=1S/C25H24FN3O/c1-29-17-22(20-10-3-5-12-24(20)29)21(19-9-2-4-11-23(19)26)16-25(30)28-15-13-18-8-6-7-14-27-18/h2-12,14,17,21H,13,15-16H2,1H3,(H,28,30). The Kier molecular flexibility index (Phi) is 5.89. The summed E-state index contributed by atoms with van der Waals surface area (Å²) >= 11 is 0. The van der Waals surface area contributed by atoms with E-state index in [1.807, 2.05) is 66.3 Å². The van der Waals surface area contributed by atoms with Crippen molar-refractivity contribution in [3.63, 3.8) is 0 Å². The van der Waals surface area contributed by atoms with Crippen LogP contribution in [0.4, 0.5) is 4.39 Å². The molecule has 1 amide bonds. The van der Waals surface area contributed by atoms with Crippen LogP contribution in [0, 0.1) is 5.82 Å². The molecule has 1 N–H and O–H groups in total. The fourth-order valence-electron chi connectivity index (χ4n) is 3.93. The number of hydrogen-bond donors (Lipinski definition) is 1. The molecule has 0 radical (unpaired) electrons. The number of amides is 1. The number of rotatable bonds is 7. The van der Waals surface area contributed by atoms with Crippen LogP contribution in [0.1, 0.15) is 29.2 Å². The fourth-order valence-corrected chi connectivity index (χ4v) is 3.93. The first-order valence-corrected chi connectivity index (χ1v) is 10.1. The van der Waals surface area contributed by atoms with Gasteiger partial charge in [0.05, 0.1) is 0 Å². The van der Waals surface area contributed by atoms with Crippen molar-refractivity contribution in [3.8, 4) is 0 Å². The molecule has 4 aromatic rings. The summed E-state index contributed by atoms with van der Waals surface area (Å²) in [6.45, 7) is 0.495. The zero-order chi connectivity index (χ0) is 20.9. The van der Waals surface area contributed by atoms with Crippen molar-refractivity contribution in [1.29, 1.82) is 0 Å². The van der Waals surface area contributed by atoms with E-state index in [1.165, 1.54) is 6.07 Å². The number of carbonyl (C=O) groups excluding carboxylic acids is 1. The summed E-state index contributed by atoms with van der Waals surface area (Å²) in [6.07, 6.45) is 4.58. The van der Waals surface area contributed by atoms with Crippen LogP contribution in [0.15, 0.2) is 79.1 Å². The highest BCUT2D eigenvalue weighted by atomic mass is 19.1. The second-order valence-electron chi connectivity index (χ2n) is 7.41. The van der Waals surface area contributed by atoms with Gasteiger partial charge in [-0.15, -0.1) is 0 Å². The molecule has 0 aliphatic heterocycles. The molecule has 0 saturated heterocycles. The zero-order valence-corrected chi connectivity index (χ0v) is 16.9. The van der Waals surface area contributed by atoms with Crippen molar-refractivity contribution in [2.45, 2.75) is 18.8 Å². The summed E-state index contributed by atoms with van der Waals surface area (Å²) in [5, 5.41) is 4.00. The van der Waals surface area contributed by atoms with Gasteiger partial charge in [0, 0.05) is 61.3 Å². The smallest absolute Gasteiger partial charge is 0.220 e. The number of halogens is 1. The molecule has 2 aromatic heterocycles. The second-order valence-corrected chi connectivity index (χ2v) is 7.41. The van der Waals surface area contributed by atoms with Crippen LogP contribution in [-0.2, 0) is 18.3 Å². The maximum atomic E-state index is 14.7. The molecule has 4 rings (SSSR count). The van der Waals surface area contributed by atoms with Gasteiger partial charge in [0.2, 0.25) is 5.91 Å². The molecular weight excluding hydrogens is 377 g/mol. The van der Waals surface area contributed by atoms with Crippen LogP contribution >= 0.6 is 0 Å². The van der Waals surface area contributed by atoms with Gasteiger partial charge in [-0.2, -0.15) is 0 Å². The van der Waals surface area contributed by atoms with Crippen LogP contribution < -0.4 is 5.32 Å². The Morgan fingerprint density at radius 1 is 1.03 bits per heavy atom. The number of benzene rings is 2. The molecular formula is C25H24FN3O. The molecule has 30 heavy (non-hydrogen) atoms. The molecule has 0 bridgehead atoms. The number of hydrogen-bond acceptors (Lipinski definition) is 2. The minimum absolute atomic E-state index is 0.105. The molecule has 0 aliphatic rings. The molecule has 0 saturated carbocycles. The molecule has 1 unspecified atom stereocenters. The molecule has 0 fully saturated rings. The SMILES string of the molecule is Cn1cc(C(CC(=O)NCCc2ccccn2)c2ccccc2F)c2ccccc21. The van der Waals surface area contributed by atoms with Crippen molar-refractivity contribution in [3.05, 3.63) is 102 Å². The summed E-state index contributed by atoms with van der Waals surface area (Å²) in [7, 11) is 1.97. The molecule has 152 valence electrons. The van der Waals surface area contributed by atoms with Gasteiger partial charge < -0.3 is 9.88 Å². The van der Waals surface area contributed by atoms with E-state index < -0.39 is 0 Å². The van der Waals surface area contributed by atoms with E-state index in [9.17, 15) is 9.18 Å². The first kappa shape index (κ1) is 19.8. The second kappa shape index (κ2) is 8.91. The summed E-state index contributed by atoms with van der Waals surface area (Å²) in [5.74, 6) is -0.768. The lowest BCUT2D eigenvalue weighted by Gasteiger charge is -2.18. The maximum absolute atomic E-state index is 14.7.